The quantitative estimate of drug-likeness (QED) is 0.906. The average molecular weight is 301 g/mol. The number of hydrogen-bond donors (Lipinski definition) is 1. The summed E-state index contributed by atoms with van der Waals surface area (Å²) in [6, 6.07) is 1.83. The smallest absolute Gasteiger partial charge is 0.254 e. The van der Waals surface area contributed by atoms with Gasteiger partial charge >= 0.3 is 0 Å². The second-order valence-electron chi connectivity index (χ2n) is 4.59. The molecule has 1 saturated carbocycles. The number of ether oxygens (including phenoxy) is 1. The Bertz CT molecular complexity index is 450. The highest BCUT2D eigenvalue weighted by atomic mass is 79.9. The Labute approximate surface area is 109 Å². The van der Waals surface area contributed by atoms with Crippen LogP contribution in [0, 0.1) is 0 Å². The molecule has 4 nitrogen and oxygen atoms in total. The van der Waals surface area contributed by atoms with Gasteiger partial charge in [0.15, 0.2) is 0 Å². The van der Waals surface area contributed by atoms with Crippen LogP contribution in [-0.2, 0) is 7.05 Å². The summed E-state index contributed by atoms with van der Waals surface area (Å²) < 4.78 is 8.19. The van der Waals surface area contributed by atoms with Gasteiger partial charge in [0.2, 0.25) is 0 Å². The highest BCUT2D eigenvalue weighted by molar-refractivity contribution is 9.10. The van der Waals surface area contributed by atoms with Gasteiger partial charge in [0.25, 0.3) is 5.56 Å². The number of rotatable bonds is 2. The summed E-state index contributed by atoms with van der Waals surface area (Å²) in [5.41, 5.74) is 5.79. The molecule has 0 aliphatic heterocycles. The fourth-order valence-corrected chi connectivity index (χ4v) is 2.57. The number of pyridine rings is 1. The van der Waals surface area contributed by atoms with Gasteiger partial charge in [-0.3, -0.25) is 4.79 Å². The molecule has 0 bridgehead atoms. The fourth-order valence-electron chi connectivity index (χ4n) is 2.06. The Hall–Kier alpha value is -0.810. The Balaban J connectivity index is 2.08. The predicted octanol–water partition coefficient (Wildman–Crippen LogP) is 1.80. The second kappa shape index (κ2) is 5.23. The summed E-state index contributed by atoms with van der Waals surface area (Å²) in [5.74, 6) is 0.633. The molecular weight excluding hydrogens is 284 g/mol. The number of aryl methyl sites for hydroxylation is 1. The van der Waals surface area contributed by atoms with Gasteiger partial charge in [0, 0.05) is 25.4 Å². The molecule has 0 amide bonds. The minimum Gasteiger partial charge on any atom is -0.489 e. The van der Waals surface area contributed by atoms with E-state index in [1.165, 1.54) is 10.6 Å². The summed E-state index contributed by atoms with van der Waals surface area (Å²) in [6.07, 6.45) is 5.82. The fraction of sp³-hybridized carbons (Fsp3) is 0.583. The van der Waals surface area contributed by atoms with E-state index in [2.05, 4.69) is 15.9 Å². The van der Waals surface area contributed by atoms with Crippen molar-refractivity contribution in [3.63, 3.8) is 0 Å². The van der Waals surface area contributed by atoms with Crippen LogP contribution in [0.15, 0.2) is 21.5 Å². The van der Waals surface area contributed by atoms with Crippen LogP contribution in [0.25, 0.3) is 0 Å². The maximum atomic E-state index is 11.5. The minimum atomic E-state index is -0.0595. The molecule has 1 aliphatic rings. The average Bonchev–Trinajstić information content (AvgIpc) is 2.29. The molecule has 0 spiro atoms. The third kappa shape index (κ3) is 3.10. The van der Waals surface area contributed by atoms with Gasteiger partial charge in [-0.1, -0.05) is 0 Å². The molecule has 17 heavy (non-hydrogen) atoms. The lowest BCUT2D eigenvalue weighted by atomic mass is 9.94. The van der Waals surface area contributed by atoms with Gasteiger partial charge in [-0.25, -0.2) is 0 Å². The first-order chi connectivity index (χ1) is 8.06. The minimum absolute atomic E-state index is 0.0595. The summed E-state index contributed by atoms with van der Waals surface area (Å²) in [4.78, 5) is 11.5. The number of halogens is 1. The third-order valence-electron chi connectivity index (χ3n) is 3.16. The van der Waals surface area contributed by atoms with Crippen molar-refractivity contribution in [2.75, 3.05) is 0 Å². The van der Waals surface area contributed by atoms with Crippen molar-refractivity contribution >= 4 is 15.9 Å². The van der Waals surface area contributed by atoms with Gasteiger partial charge in [-0.2, -0.15) is 0 Å². The van der Waals surface area contributed by atoms with Crippen molar-refractivity contribution in [1.29, 1.82) is 0 Å². The second-order valence-corrected chi connectivity index (χ2v) is 5.44. The predicted molar refractivity (Wildman–Crippen MR) is 70.2 cm³/mol. The molecule has 0 aromatic carbocycles. The van der Waals surface area contributed by atoms with Crippen LogP contribution in [0.1, 0.15) is 25.7 Å². The molecule has 2 N–H and O–H groups in total. The van der Waals surface area contributed by atoms with Crippen molar-refractivity contribution in [3.05, 3.63) is 27.1 Å². The molecule has 2 rings (SSSR count). The molecular formula is C12H17BrN2O2. The standard InChI is InChI=1S/C12H17BrN2O2/c1-15-7-10(13)11(6-12(15)16)17-9-4-2-8(14)3-5-9/h6-9H,2-5,14H2,1H3. The van der Waals surface area contributed by atoms with E-state index in [1.54, 1.807) is 13.2 Å². The van der Waals surface area contributed by atoms with E-state index in [9.17, 15) is 4.79 Å². The Morgan fingerprint density at radius 3 is 2.71 bits per heavy atom. The van der Waals surface area contributed by atoms with Gasteiger partial charge < -0.3 is 15.0 Å². The Kier molecular flexibility index (Phi) is 3.89. The number of hydrogen-bond acceptors (Lipinski definition) is 3. The molecule has 0 saturated heterocycles. The molecule has 1 aliphatic carbocycles. The number of aromatic nitrogens is 1. The molecule has 1 aromatic heterocycles. The lowest BCUT2D eigenvalue weighted by Crippen LogP contribution is -2.32. The van der Waals surface area contributed by atoms with Crippen LogP contribution < -0.4 is 16.0 Å². The molecule has 1 fully saturated rings. The SMILES string of the molecule is Cn1cc(Br)c(OC2CCC(N)CC2)cc1=O. The molecule has 94 valence electrons. The normalized spacial score (nSPS) is 24.6. The third-order valence-corrected chi connectivity index (χ3v) is 3.75. The lowest BCUT2D eigenvalue weighted by molar-refractivity contribution is 0.146. The van der Waals surface area contributed by atoms with Gasteiger partial charge in [0.05, 0.1) is 10.6 Å². The van der Waals surface area contributed by atoms with E-state index >= 15 is 0 Å². The zero-order valence-electron chi connectivity index (χ0n) is 9.86. The Morgan fingerprint density at radius 2 is 2.06 bits per heavy atom. The summed E-state index contributed by atoms with van der Waals surface area (Å²) in [6.45, 7) is 0. The maximum absolute atomic E-state index is 11.5. The molecule has 5 heteroatoms. The summed E-state index contributed by atoms with van der Waals surface area (Å²) >= 11 is 3.41. The van der Waals surface area contributed by atoms with Gasteiger partial charge in [-0.15, -0.1) is 0 Å². The number of nitrogens with two attached hydrogens (primary N) is 1. The largest absolute Gasteiger partial charge is 0.489 e. The van der Waals surface area contributed by atoms with Crippen molar-refractivity contribution in [2.24, 2.45) is 12.8 Å². The van der Waals surface area contributed by atoms with Crippen molar-refractivity contribution in [1.82, 2.24) is 4.57 Å². The summed E-state index contributed by atoms with van der Waals surface area (Å²) in [7, 11) is 1.72. The van der Waals surface area contributed by atoms with Crippen molar-refractivity contribution < 1.29 is 4.74 Å². The zero-order valence-corrected chi connectivity index (χ0v) is 11.4. The van der Waals surface area contributed by atoms with E-state index in [0.29, 0.717) is 11.8 Å². The zero-order chi connectivity index (χ0) is 12.4. The van der Waals surface area contributed by atoms with Crippen LogP contribution in [0.5, 0.6) is 5.75 Å². The highest BCUT2D eigenvalue weighted by Gasteiger charge is 2.20. The highest BCUT2D eigenvalue weighted by Crippen LogP contribution is 2.27. The topological polar surface area (TPSA) is 57.2 Å². The van der Waals surface area contributed by atoms with Crippen LogP contribution in [0.4, 0.5) is 0 Å². The van der Waals surface area contributed by atoms with E-state index in [0.717, 1.165) is 30.2 Å². The number of nitrogens with zero attached hydrogens (tertiary/aromatic N) is 1. The van der Waals surface area contributed by atoms with E-state index < -0.39 is 0 Å². The van der Waals surface area contributed by atoms with Crippen LogP contribution in [0.2, 0.25) is 0 Å². The van der Waals surface area contributed by atoms with Gasteiger partial charge in [0.1, 0.15) is 5.75 Å². The first-order valence-corrected chi connectivity index (χ1v) is 6.64. The van der Waals surface area contributed by atoms with Gasteiger partial charge in [-0.05, 0) is 41.6 Å². The molecule has 0 atom stereocenters. The Morgan fingerprint density at radius 1 is 1.41 bits per heavy atom. The van der Waals surface area contributed by atoms with Crippen LogP contribution >= 0.6 is 15.9 Å². The van der Waals surface area contributed by atoms with Crippen molar-refractivity contribution in [3.8, 4) is 5.75 Å². The molecule has 1 aromatic rings. The lowest BCUT2D eigenvalue weighted by Gasteiger charge is -2.27. The molecule has 1 heterocycles. The maximum Gasteiger partial charge on any atom is 0.254 e. The van der Waals surface area contributed by atoms with Crippen LogP contribution in [0.3, 0.4) is 0 Å². The van der Waals surface area contributed by atoms with E-state index in [4.69, 9.17) is 10.5 Å². The van der Waals surface area contributed by atoms with Crippen molar-refractivity contribution in [2.45, 2.75) is 37.8 Å². The molecule has 0 unspecified atom stereocenters. The first kappa shape index (κ1) is 12.6. The van der Waals surface area contributed by atoms with E-state index in [1.807, 2.05) is 0 Å². The van der Waals surface area contributed by atoms with Crippen LogP contribution in [-0.4, -0.2) is 16.7 Å². The summed E-state index contributed by atoms with van der Waals surface area (Å²) in [5, 5.41) is 0. The monoisotopic (exact) mass is 300 g/mol. The first-order valence-electron chi connectivity index (χ1n) is 5.84. The van der Waals surface area contributed by atoms with E-state index in [-0.39, 0.29) is 11.7 Å². The molecule has 0 radical (unpaired) electrons.